The molecule has 3 heterocycles. The van der Waals surface area contributed by atoms with Crippen molar-refractivity contribution >= 4 is 38.6 Å². The van der Waals surface area contributed by atoms with Gasteiger partial charge in [0.05, 0.1) is 22.4 Å². The summed E-state index contributed by atoms with van der Waals surface area (Å²) in [5, 5.41) is 17.8. The van der Waals surface area contributed by atoms with Crippen molar-refractivity contribution in [3.05, 3.63) is 18.2 Å². The molecule has 1 aromatic carbocycles. The Balaban J connectivity index is 1.28. The number of rotatable bonds is 4. The normalized spacial score (nSPS) is 28.7. The molecule has 1 saturated carbocycles. The average Bonchev–Trinajstić information content (AvgIpc) is 3.26. The molecule has 2 atom stereocenters. The Morgan fingerprint density at radius 1 is 1.36 bits per heavy atom. The van der Waals surface area contributed by atoms with Crippen LogP contribution in [0.2, 0.25) is 0 Å². The van der Waals surface area contributed by atoms with E-state index in [9.17, 15) is 5.11 Å². The maximum Gasteiger partial charge on any atom is 0.184 e. The Morgan fingerprint density at radius 3 is 3.00 bits per heavy atom. The molecule has 2 aliphatic heterocycles. The lowest BCUT2D eigenvalue weighted by Gasteiger charge is -2.39. The molecule has 134 valence electrons. The van der Waals surface area contributed by atoms with E-state index < -0.39 is 0 Å². The van der Waals surface area contributed by atoms with Crippen LogP contribution in [0.15, 0.2) is 23.1 Å². The SMILES string of the molecule is OC1CCCC1Nc1nc2ccc(SN3CCC4(CNC4)C3)cc2s1. The van der Waals surface area contributed by atoms with Crippen molar-refractivity contribution in [3.8, 4) is 0 Å². The van der Waals surface area contributed by atoms with Crippen molar-refractivity contribution < 1.29 is 5.11 Å². The van der Waals surface area contributed by atoms with Gasteiger partial charge in [-0.15, -0.1) is 0 Å². The molecular formula is C18H24N4OS2. The van der Waals surface area contributed by atoms with Gasteiger partial charge in [-0.2, -0.15) is 0 Å². The third-order valence-corrected chi connectivity index (χ3v) is 7.77. The molecule has 5 nitrogen and oxygen atoms in total. The van der Waals surface area contributed by atoms with Crippen molar-refractivity contribution in [1.29, 1.82) is 0 Å². The fourth-order valence-electron chi connectivity index (χ4n) is 4.18. The van der Waals surface area contributed by atoms with Gasteiger partial charge in [0.2, 0.25) is 0 Å². The zero-order chi connectivity index (χ0) is 16.9. The van der Waals surface area contributed by atoms with E-state index in [-0.39, 0.29) is 12.1 Å². The predicted octanol–water partition coefficient (Wildman–Crippen LogP) is 2.92. The molecule has 1 aliphatic carbocycles. The molecule has 7 heteroatoms. The van der Waals surface area contributed by atoms with E-state index in [1.165, 1.54) is 42.2 Å². The van der Waals surface area contributed by atoms with Gasteiger partial charge in [0.1, 0.15) is 0 Å². The summed E-state index contributed by atoms with van der Waals surface area (Å²) in [5.41, 5.74) is 1.59. The van der Waals surface area contributed by atoms with Gasteiger partial charge in [-0.05, 0) is 55.8 Å². The highest BCUT2D eigenvalue weighted by molar-refractivity contribution is 7.97. The van der Waals surface area contributed by atoms with Crippen molar-refractivity contribution in [2.75, 3.05) is 31.5 Å². The molecule has 0 bridgehead atoms. The molecule has 5 rings (SSSR count). The topological polar surface area (TPSA) is 60.4 Å². The summed E-state index contributed by atoms with van der Waals surface area (Å²) in [6.07, 6.45) is 4.10. The van der Waals surface area contributed by atoms with E-state index >= 15 is 0 Å². The third kappa shape index (κ3) is 3.17. The van der Waals surface area contributed by atoms with Gasteiger partial charge in [0.25, 0.3) is 0 Å². The maximum absolute atomic E-state index is 10.00. The Bertz CT molecular complexity index is 776. The lowest BCUT2D eigenvalue weighted by Crippen LogP contribution is -2.54. The number of hydrogen-bond acceptors (Lipinski definition) is 7. The standard InChI is InChI=1S/C18H24N4OS2/c23-15-3-1-2-13(15)20-17-21-14-5-4-12(8-16(14)24-17)25-22-7-6-18(11-22)9-19-10-18/h4-5,8,13,15,19,23H,1-3,6-7,9-11H2,(H,20,21). The molecule has 1 aromatic heterocycles. The fraction of sp³-hybridized carbons (Fsp3) is 0.611. The smallest absolute Gasteiger partial charge is 0.184 e. The quantitative estimate of drug-likeness (QED) is 0.714. The molecule has 2 aromatic rings. The first-order chi connectivity index (χ1) is 12.2. The number of nitrogens with one attached hydrogen (secondary N) is 2. The van der Waals surface area contributed by atoms with Gasteiger partial charge in [0, 0.05) is 36.5 Å². The molecule has 3 aliphatic rings. The fourth-order valence-corrected chi connectivity index (χ4v) is 6.34. The van der Waals surface area contributed by atoms with E-state index in [4.69, 9.17) is 4.98 Å². The lowest BCUT2D eigenvalue weighted by molar-refractivity contribution is 0.172. The molecule has 0 radical (unpaired) electrons. The second-order valence-electron chi connectivity index (χ2n) is 7.71. The van der Waals surface area contributed by atoms with Crippen LogP contribution in [0.1, 0.15) is 25.7 Å². The Labute approximate surface area is 156 Å². The van der Waals surface area contributed by atoms with Crippen LogP contribution in [0.3, 0.4) is 0 Å². The minimum Gasteiger partial charge on any atom is -0.391 e. The van der Waals surface area contributed by atoms with Crippen LogP contribution in [0.4, 0.5) is 5.13 Å². The zero-order valence-corrected chi connectivity index (χ0v) is 15.8. The molecule has 0 amide bonds. The Kier molecular flexibility index (Phi) is 4.17. The van der Waals surface area contributed by atoms with E-state index in [0.29, 0.717) is 5.41 Å². The maximum atomic E-state index is 10.00. The van der Waals surface area contributed by atoms with Crippen LogP contribution >= 0.6 is 23.3 Å². The molecule has 3 N–H and O–H groups in total. The van der Waals surface area contributed by atoms with E-state index in [0.717, 1.165) is 29.9 Å². The largest absolute Gasteiger partial charge is 0.391 e. The van der Waals surface area contributed by atoms with Crippen LogP contribution < -0.4 is 10.6 Å². The Hall–Kier alpha value is -0.860. The van der Waals surface area contributed by atoms with Gasteiger partial charge in [-0.25, -0.2) is 9.29 Å². The number of hydrogen-bond donors (Lipinski definition) is 3. The van der Waals surface area contributed by atoms with Gasteiger partial charge < -0.3 is 15.7 Å². The highest BCUT2D eigenvalue weighted by atomic mass is 32.2. The highest BCUT2D eigenvalue weighted by Gasteiger charge is 2.43. The first-order valence-corrected chi connectivity index (χ1v) is 10.8. The predicted molar refractivity (Wildman–Crippen MR) is 104 cm³/mol. The van der Waals surface area contributed by atoms with Gasteiger partial charge in [-0.3, -0.25) is 0 Å². The van der Waals surface area contributed by atoms with Gasteiger partial charge >= 0.3 is 0 Å². The molecule has 2 saturated heterocycles. The van der Waals surface area contributed by atoms with Gasteiger partial charge in [-0.1, -0.05) is 11.3 Å². The number of nitrogens with zero attached hydrogens (tertiary/aromatic N) is 2. The summed E-state index contributed by atoms with van der Waals surface area (Å²) in [7, 11) is 0. The summed E-state index contributed by atoms with van der Waals surface area (Å²) < 4.78 is 3.73. The minimum atomic E-state index is -0.235. The molecule has 3 fully saturated rings. The van der Waals surface area contributed by atoms with E-state index in [1.54, 1.807) is 11.3 Å². The first-order valence-electron chi connectivity index (χ1n) is 9.18. The summed E-state index contributed by atoms with van der Waals surface area (Å²) in [6.45, 7) is 4.73. The second-order valence-corrected chi connectivity index (χ2v) is 9.91. The second kappa shape index (κ2) is 6.39. The van der Waals surface area contributed by atoms with Crippen LogP contribution in [-0.2, 0) is 0 Å². The van der Waals surface area contributed by atoms with Crippen molar-refractivity contribution in [1.82, 2.24) is 14.6 Å². The number of anilines is 1. The minimum absolute atomic E-state index is 0.159. The van der Waals surface area contributed by atoms with Crippen LogP contribution in [0, 0.1) is 5.41 Å². The molecule has 25 heavy (non-hydrogen) atoms. The van der Waals surface area contributed by atoms with Crippen molar-refractivity contribution in [3.63, 3.8) is 0 Å². The van der Waals surface area contributed by atoms with Crippen molar-refractivity contribution in [2.45, 2.75) is 42.7 Å². The number of benzene rings is 1. The molecular weight excluding hydrogens is 352 g/mol. The number of aliphatic hydroxyl groups is 1. The molecule has 2 unspecified atom stereocenters. The summed E-state index contributed by atoms with van der Waals surface area (Å²) in [5.74, 6) is 0. The van der Waals surface area contributed by atoms with E-state index in [2.05, 4.69) is 33.1 Å². The number of aliphatic hydroxyl groups excluding tert-OH is 1. The number of aromatic nitrogens is 1. The summed E-state index contributed by atoms with van der Waals surface area (Å²) in [6, 6.07) is 6.73. The van der Waals surface area contributed by atoms with Crippen LogP contribution in [0.5, 0.6) is 0 Å². The van der Waals surface area contributed by atoms with Gasteiger partial charge in [0.15, 0.2) is 5.13 Å². The molecule has 1 spiro atoms. The van der Waals surface area contributed by atoms with E-state index in [1.807, 2.05) is 11.9 Å². The average molecular weight is 377 g/mol. The lowest BCUT2D eigenvalue weighted by atomic mass is 9.81. The number of fused-ring (bicyclic) bond motifs is 1. The van der Waals surface area contributed by atoms with Crippen LogP contribution in [0.25, 0.3) is 10.2 Å². The monoisotopic (exact) mass is 376 g/mol. The van der Waals surface area contributed by atoms with Crippen molar-refractivity contribution in [2.24, 2.45) is 5.41 Å². The Morgan fingerprint density at radius 2 is 2.28 bits per heavy atom. The van der Waals surface area contributed by atoms with Crippen LogP contribution in [-0.4, -0.2) is 52.7 Å². The summed E-state index contributed by atoms with van der Waals surface area (Å²) >= 11 is 3.58. The third-order valence-electron chi connectivity index (χ3n) is 5.79. The zero-order valence-electron chi connectivity index (χ0n) is 14.2. The first kappa shape index (κ1) is 16.3. The number of thiazole rings is 1. The summed E-state index contributed by atoms with van der Waals surface area (Å²) in [4.78, 5) is 5.99. The highest BCUT2D eigenvalue weighted by Crippen LogP contribution is 2.40.